The molecular formula is C25H30N8O3. The summed E-state index contributed by atoms with van der Waals surface area (Å²) in [6.07, 6.45) is 1.63. The maximum absolute atomic E-state index is 12.5. The topological polar surface area (TPSA) is 128 Å². The minimum atomic E-state index is -0.283. The fourth-order valence-corrected chi connectivity index (χ4v) is 4.86. The number of nitrogens with zero attached hydrogens (tertiary/aromatic N) is 6. The van der Waals surface area contributed by atoms with Crippen molar-refractivity contribution >= 4 is 40.3 Å². The lowest BCUT2D eigenvalue weighted by atomic mass is 10.1. The van der Waals surface area contributed by atoms with E-state index in [1.807, 2.05) is 26.0 Å². The molecule has 3 aromatic rings. The highest BCUT2D eigenvalue weighted by molar-refractivity contribution is 6.06. The van der Waals surface area contributed by atoms with E-state index in [-0.39, 0.29) is 24.7 Å². The summed E-state index contributed by atoms with van der Waals surface area (Å²) < 4.78 is 1.59. The Labute approximate surface area is 208 Å². The maximum atomic E-state index is 12.5. The van der Waals surface area contributed by atoms with Gasteiger partial charge in [0.15, 0.2) is 0 Å². The fraction of sp³-hybridized carbons (Fsp3) is 0.400. The predicted octanol–water partition coefficient (Wildman–Crippen LogP) is 1.25. The van der Waals surface area contributed by atoms with Gasteiger partial charge in [-0.2, -0.15) is 4.98 Å². The number of aliphatic hydroxyl groups is 1. The van der Waals surface area contributed by atoms with Crippen LogP contribution in [0, 0.1) is 6.92 Å². The third-order valence-corrected chi connectivity index (χ3v) is 6.63. The molecule has 1 fully saturated rings. The van der Waals surface area contributed by atoms with E-state index in [0.29, 0.717) is 23.6 Å². The van der Waals surface area contributed by atoms with Gasteiger partial charge in [-0.1, -0.05) is 0 Å². The normalized spacial score (nSPS) is 15.2. The van der Waals surface area contributed by atoms with Crippen molar-refractivity contribution in [3.05, 3.63) is 51.7 Å². The van der Waals surface area contributed by atoms with E-state index in [9.17, 15) is 9.59 Å². The fourth-order valence-electron chi connectivity index (χ4n) is 4.86. The molecule has 2 aromatic heterocycles. The van der Waals surface area contributed by atoms with Crippen molar-refractivity contribution < 1.29 is 9.90 Å². The van der Waals surface area contributed by atoms with Gasteiger partial charge in [-0.15, -0.1) is 0 Å². The van der Waals surface area contributed by atoms with E-state index < -0.39 is 0 Å². The molecule has 5 rings (SSSR count). The third kappa shape index (κ3) is 4.54. The Kier molecular flexibility index (Phi) is 6.66. The number of rotatable bonds is 7. The number of aliphatic imine (C=N–C) groups is 1. The van der Waals surface area contributed by atoms with E-state index in [2.05, 4.69) is 41.5 Å². The number of pyridine rings is 1. The summed E-state index contributed by atoms with van der Waals surface area (Å²) in [6, 6.07) is 7.78. The van der Waals surface area contributed by atoms with Crippen LogP contribution in [-0.2, 0) is 13.1 Å². The lowest BCUT2D eigenvalue weighted by Crippen LogP contribution is -2.46. The molecule has 3 N–H and O–H groups in total. The molecule has 11 nitrogen and oxygen atoms in total. The smallest absolute Gasteiger partial charge is 0.349 e. The Morgan fingerprint density at radius 2 is 1.97 bits per heavy atom. The van der Waals surface area contributed by atoms with Gasteiger partial charge in [0.1, 0.15) is 11.5 Å². The molecule has 0 atom stereocenters. The molecular weight excluding hydrogens is 460 g/mol. The molecule has 0 radical (unpaired) electrons. The van der Waals surface area contributed by atoms with Crippen LogP contribution in [0.15, 0.2) is 34.1 Å². The highest BCUT2D eigenvalue weighted by atomic mass is 16.3. The van der Waals surface area contributed by atoms with E-state index in [4.69, 9.17) is 5.11 Å². The van der Waals surface area contributed by atoms with Crippen LogP contribution in [0.25, 0.3) is 10.9 Å². The second kappa shape index (κ2) is 10.0. The third-order valence-electron chi connectivity index (χ3n) is 6.63. The van der Waals surface area contributed by atoms with E-state index in [1.165, 1.54) is 0 Å². The first-order valence-corrected chi connectivity index (χ1v) is 12.2. The Morgan fingerprint density at radius 1 is 1.17 bits per heavy atom. The first-order valence-electron chi connectivity index (χ1n) is 12.2. The number of benzene rings is 1. The number of aryl methyl sites for hydroxylation is 1. The van der Waals surface area contributed by atoms with E-state index in [1.54, 1.807) is 17.0 Å². The first kappa shape index (κ1) is 23.9. The summed E-state index contributed by atoms with van der Waals surface area (Å²) in [6.45, 7) is 8.63. The number of amides is 1. The summed E-state index contributed by atoms with van der Waals surface area (Å²) in [4.78, 5) is 42.5. The second-order valence-electron chi connectivity index (χ2n) is 8.95. The van der Waals surface area contributed by atoms with Gasteiger partial charge in [0.2, 0.25) is 0 Å². The van der Waals surface area contributed by atoms with E-state index >= 15 is 0 Å². The Bertz CT molecular complexity index is 1390. The molecule has 0 spiro atoms. The van der Waals surface area contributed by atoms with Crippen LogP contribution in [0.5, 0.6) is 0 Å². The zero-order valence-electron chi connectivity index (χ0n) is 20.5. The van der Waals surface area contributed by atoms with Crippen LogP contribution in [0.2, 0.25) is 0 Å². The molecule has 2 aliphatic rings. The zero-order chi connectivity index (χ0) is 25.2. The van der Waals surface area contributed by atoms with Gasteiger partial charge in [0.25, 0.3) is 5.91 Å². The van der Waals surface area contributed by atoms with E-state index in [0.717, 1.165) is 60.7 Å². The van der Waals surface area contributed by atoms with Crippen molar-refractivity contribution in [3.8, 4) is 0 Å². The van der Waals surface area contributed by atoms with Gasteiger partial charge < -0.3 is 20.6 Å². The first-order chi connectivity index (χ1) is 17.5. The molecule has 1 saturated heterocycles. The molecule has 1 aromatic carbocycles. The van der Waals surface area contributed by atoms with Crippen molar-refractivity contribution in [3.63, 3.8) is 0 Å². The quantitative estimate of drug-likeness (QED) is 0.452. The van der Waals surface area contributed by atoms with Gasteiger partial charge in [-0.25, -0.2) is 14.8 Å². The molecule has 0 saturated carbocycles. The molecule has 0 bridgehead atoms. The van der Waals surface area contributed by atoms with Gasteiger partial charge in [0, 0.05) is 45.8 Å². The molecule has 2 aliphatic heterocycles. The SMILES string of the molecule is CCn1c2c3c(cc(CN4CCN(c5ccc(C(=O)NCCO)nc5C)CC4)cc3nc1=O)NC=N2. The predicted molar refractivity (Wildman–Crippen MR) is 139 cm³/mol. The largest absolute Gasteiger partial charge is 0.395 e. The second-order valence-corrected chi connectivity index (χ2v) is 8.95. The number of aromatic nitrogens is 3. The molecule has 36 heavy (non-hydrogen) atoms. The number of piperazine rings is 1. The summed E-state index contributed by atoms with van der Waals surface area (Å²) in [5.41, 5.74) is 4.58. The molecule has 0 unspecified atom stereocenters. The highest BCUT2D eigenvalue weighted by Gasteiger charge is 2.22. The lowest BCUT2D eigenvalue weighted by Gasteiger charge is -2.36. The average molecular weight is 491 g/mol. The van der Waals surface area contributed by atoms with Crippen molar-refractivity contribution in [1.29, 1.82) is 0 Å². The van der Waals surface area contributed by atoms with Crippen molar-refractivity contribution in [2.45, 2.75) is 26.9 Å². The standard InChI is InChI=1S/C25H30N8O3/c1-3-33-23-22-19(27-15-28-23)12-17(13-20(22)30-25(33)36)14-31-7-9-32(10-8-31)21-5-4-18(29-16(21)2)24(35)26-6-11-34/h4-5,12-13,15,34H,3,6-11,14H2,1-2H3,(H,26,35)(H,27,28). The molecule has 11 heteroatoms. The zero-order valence-corrected chi connectivity index (χ0v) is 20.5. The lowest BCUT2D eigenvalue weighted by molar-refractivity contribution is 0.0939. The Balaban J connectivity index is 1.27. The number of anilines is 2. The summed E-state index contributed by atoms with van der Waals surface area (Å²) in [7, 11) is 0. The van der Waals surface area contributed by atoms with Gasteiger partial charge >= 0.3 is 5.69 Å². The monoisotopic (exact) mass is 490 g/mol. The van der Waals surface area contributed by atoms with Crippen molar-refractivity contribution in [2.24, 2.45) is 4.99 Å². The number of aliphatic hydroxyl groups excluding tert-OH is 1. The average Bonchev–Trinajstić information content (AvgIpc) is 2.88. The summed E-state index contributed by atoms with van der Waals surface area (Å²) in [5.74, 6) is 0.371. The van der Waals surface area contributed by atoms with Crippen LogP contribution in [0.1, 0.15) is 28.7 Å². The van der Waals surface area contributed by atoms with Gasteiger partial charge in [-0.05, 0) is 43.7 Å². The van der Waals surface area contributed by atoms with Crippen molar-refractivity contribution in [2.75, 3.05) is 49.5 Å². The minimum absolute atomic E-state index is 0.103. The number of hydrogen-bond donors (Lipinski definition) is 3. The van der Waals surface area contributed by atoms with Crippen molar-refractivity contribution in [1.82, 2.24) is 24.8 Å². The van der Waals surface area contributed by atoms with Gasteiger partial charge in [-0.3, -0.25) is 14.3 Å². The van der Waals surface area contributed by atoms with Crippen LogP contribution < -0.4 is 21.2 Å². The number of hydrogen-bond acceptors (Lipinski definition) is 9. The van der Waals surface area contributed by atoms with Crippen LogP contribution >= 0.6 is 0 Å². The molecule has 1 amide bonds. The van der Waals surface area contributed by atoms with Crippen LogP contribution in [0.3, 0.4) is 0 Å². The van der Waals surface area contributed by atoms with Gasteiger partial charge in [0.05, 0.1) is 40.9 Å². The number of carbonyl (C=O) groups is 1. The molecule has 4 heterocycles. The highest BCUT2D eigenvalue weighted by Crippen LogP contribution is 2.34. The number of carbonyl (C=O) groups excluding carboxylic acids is 1. The molecule has 188 valence electrons. The van der Waals surface area contributed by atoms with Crippen LogP contribution in [0.4, 0.5) is 17.2 Å². The maximum Gasteiger partial charge on any atom is 0.349 e. The summed E-state index contributed by atoms with van der Waals surface area (Å²) in [5, 5.41) is 15.6. The molecule has 0 aliphatic carbocycles. The Morgan fingerprint density at radius 3 is 2.69 bits per heavy atom. The minimum Gasteiger partial charge on any atom is -0.395 e. The summed E-state index contributed by atoms with van der Waals surface area (Å²) >= 11 is 0. The van der Waals surface area contributed by atoms with Crippen LogP contribution in [-0.4, -0.2) is 76.1 Å². The Hall–Kier alpha value is -3.83. The number of nitrogens with one attached hydrogen (secondary N) is 2.